The minimum atomic E-state index is 0. The Hall–Kier alpha value is 0.210. The van der Waals surface area contributed by atoms with Gasteiger partial charge in [-0.05, 0) is 6.42 Å². The number of hydrogen-bond acceptors (Lipinski definition) is 2. The standard InChI is InChI=1S/C6H16N2.ClH/c1-3-5-6-8-7-4-2;/h7-8H,3-6H2,1-2H3;1H. The van der Waals surface area contributed by atoms with E-state index in [9.17, 15) is 0 Å². The molecule has 0 saturated heterocycles. The van der Waals surface area contributed by atoms with Crippen molar-refractivity contribution in [3.05, 3.63) is 0 Å². The van der Waals surface area contributed by atoms with Crippen LogP contribution >= 0.6 is 12.4 Å². The van der Waals surface area contributed by atoms with Gasteiger partial charge in [0.2, 0.25) is 0 Å². The summed E-state index contributed by atoms with van der Waals surface area (Å²) >= 11 is 0. The minimum Gasteiger partial charge on any atom is -0.258 e. The Balaban J connectivity index is 0. The molecule has 0 bridgehead atoms. The van der Waals surface area contributed by atoms with Crippen LogP contribution in [0.4, 0.5) is 0 Å². The van der Waals surface area contributed by atoms with E-state index < -0.39 is 0 Å². The summed E-state index contributed by atoms with van der Waals surface area (Å²) in [4.78, 5) is 0. The molecule has 0 heterocycles. The molecule has 0 fully saturated rings. The van der Waals surface area contributed by atoms with Gasteiger partial charge in [-0.1, -0.05) is 20.3 Å². The van der Waals surface area contributed by atoms with Gasteiger partial charge in [-0.15, -0.1) is 12.4 Å². The second kappa shape index (κ2) is 11.1. The van der Waals surface area contributed by atoms with Crippen LogP contribution in [-0.2, 0) is 0 Å². The van der Waals surface area contributed by atoms with Gasteiger partial charge in [0.15, 0.2) is 0 Å². The molecular formula is C6H17ClN2. The van der Waals surface area contributed by atoms with E-state index in [1.807, 2.05) is 0 Å². The molecule has 58 valence electrons. The summed E-state index contributed by atoms with van der Waals surface area (Å²) in [6, 6.07) is 0. The summed E-state index contributed by atoms with van der Waals surface area (Å²) in [5.74, 6) is 0. The average molecular weight is 153 g/mol. The molecule has 0 saturated carbocycles. The Labute approximate surface area is 63.8 Å². The quantitative estimate of drug-likeness (QED) is 0.459. The average Bonchev–Trinajstić information content (AvgIpc) is 1.81. The topological polar surface area (TPSA) is 24.1 Å². The Bertz CT molecular complexity index is 36.0. The first kappa shape index (κ1) is 11.9. The summed E-state index contributed by atoms with van der Waals surface area (Å²) < 4.78 is 0. The summed E-state index contributed by atoms with van der Waals surface area (Å²) in [5, 5.41) is 0. The second-order valence-corrected chi connectivity index (χ2v) is 1.81. The highest BCUT2D eigenvalue weighted by Gasteiger charge is 1.79. The van der Waals surface area contributed by atoms with Crippen LogP contribution in [0.25, 0.3) is 0 Å². The van der Waals surface area contributed by atoms with Crippen LogP contribution < -0.4 is 10.9 Å². The van der Waals surface area contributed by atoms with Crippen molar-refractivity contribution in [2.24, 2.45) is 0 Å². The SMILES string of the molecule is CCCCNNCC.Cl. The largest absolute Gasteiger partial charge is 0.258 e. The fraction of sp³-hybridized carbons (Fsp3) is 1.00. The van der Waals surface area contributed by atoms with Gasteiger partial charge in [-0.25, -0.2) is 0 Å². The monoisotopic (exact) mass is 152 g/mol. The summed E-state index contributed by atoms with van der Waals surface area (Å²) in [7, 11) is 0. The van der Waals surface area contributed by atoms with Crippen molar-refractivity contribution < 1.29 is 0 Å². The summed E-state index contributed by atoms with van der Waals surface area (Å²) in [5.41, 5.74) is 6.12. The number of rotatable bonds is 5. The van der Waals surface area contributed by atoms with E-state index in [1.165, 1.54) is 12.8 Å². The predicted octanol–water partition coefficient (Wildman–Crippen LogP) is 1.32. The number of unbranched alkanes of at least 4 members (excludes halogenated alkanes) is 1. The molecule has 9 heavy (non-hydrogen) atoms. The molecule has 0 rings (SSSR count). The van der Waals surface area contributed by atoms with Crippen LogP contribution in [-0.4, -0.2) is 13.1 Å². The zero-order chi connectivity index (χ0) is 6.24. The third-order valence-corrected chi connectivity index (χ3v) is 0.957. The molecular weight excluding hydrogens is 136 g/mol. The molecule has 0 spiro atoms. The summed E-state index contributed by atoms with van der Waals surface area (Å²) in [6.45, 7) is 6.36. The molecule has 0 unspecified atom stereocenters. The highest BCUT2D eigenvalue weighted by molar-refractivity contribution is 5.85. The van der Waals surface area contributed by atoms with Crippen LogP contribution in [0.15, 0.2) is 0 Å². The first-order chi connectivity index (χ1) is 3.91. The van der Waals surface area contributed by atoms with Crippen molar-refractivity contribution >= 4 is 12.4 Å². The molecule has 3 heteroatoms. The minimum absolute atomic E-state index is 0. The third kappa shape index (κ3) is 11.7. The Kier molecular flexibility index (Phi) is 14.7. The highest BCUT2D eigenvalue weighted by Crippen LogP contribution is 1.79. The van der Waals surface area contributed by atoms with Crippen molar-refractivity contribution in [2.45, 2.75) is 26.7 Å². The summed E-state index contributed by atoms with van der Waals surface area (Å²) in [6.07, 6.45) is 2.52. The van der Waals surface area contributed by atoms with Gasteiger partial charge >= 0.3 is 0 Å². The molecule has 0 aromatic heterocycles. The third-order valence-electron chi connectivity index (χ3n) is 0.957. The number of halogens is 1. The predicted molar refractivity (Wildman–Crippen MR) is 43.8 cm³/mol. The fourth-order valence-corrected chi connectivity index (χ4v) is 0.479. The van der Waals surface area contributed by atoms with Gasteiger partial charge in [0.05, 0.1) is 0 Å². The van der Waals surface area contributed by atoms with Crippen LogP contribution in [0.3, 0.4) is 0 Å². The molecule has 2 N–H and O–H groups in total. The molecule has 0 aliphatic heterocycles. The van der Waals surface area contributed by atoms with Gasteiger partial charge in [-0.3, -0.25) is 10.9 Å². The molecule has 0 radical (unpaired) electrons. The molecule has 0 aromatic rings. The Morgan fingerprint density at radius 1 is 1.11 bits per heavy atom. The Morgan fingerprint density at radius 2 is 1.78 bits per heavy atom. The molecule has 0 aliphatic rings. The van der Waals surface area contributed by atoms with E-state index in [0.29, 0.717) is 0 Å². The van der Waals surface area contributed by atoms with Crippen molar-refractivity contribution in [3.63, 3.8) is 0 Å². The molecule has 2 nitrogen and oxygen atoms in total. The van der Waals surface area contributed by atoms with Crippen molar-refractivity contribution in [3.8, 4) is 0 Å². The number of nitrogens with one attached hydrogen (secondary N) is 2. The van der Waals surface area contributed by atoms with Crippen LogP contribution in [0, 0.1) is 0 Å². The van der Waals surface area contributed by atoms with Gasteiger partial charge in [0, 0.05) is 13.1 Å². The van der Waals surface area contributed by atoms with E-state index in [2.05, 4.69) is 24.7 Å². The first-order valence-corrected chi connectivity index (χ1v) is 3.37. The first-order valence-electron chi connectivity index (χ1n) is 3.37. The number of hydrazine groups is 1. The van der Waals surface area contributed by atoms with Crippen LogP contribution in [0.5, 0.6) is 0 Å². The molecule has 0 amide bonds. The maximum absolute atomic E-state index is 3.09. The maximum Gasteiger partial charge on any atom is 0.00996 e. The molecule has 0 aliphatic carbocycles. The highest BCUT2D eigenvalue weighted by atomic mass is 35.5. The molecule has 0 aromatic carbocycles. The van der Waals surface area contributed by atoms with Gasteiger partial charge in [0.25, 0.3) is 0 Å². The van der Waals surface area contributed by atoms with E-state index in [1.54, 1.807) is 0 Å². The zero-order valence-corrected chi connectivity index (χ0v) is 7.05. The van der Waals surface area contributed by atoms with E-state index in [4.69, 9.17) is 0 Å². The van der Waals surface area contributed by atoms with Gasteiger partial charge in [0.1, 0.15) is 0 Å². The zero-order valence-electron chi connectivity index (χ0n) is 6.24. The van der Waals surface area contributed by atoms with Crippen LogP contribution in [0.1, 0.15) is 26.7 Å². The van der Waals surface area contributed by atoms with Crippen molar-refractivity contribution in [1.29, 1.82) is 0 Å². The lowest BCUT2D eigenvalue weighted by molar-refractivity contribution is 0.534. The van der Waals surface area contributed by atoms with Crippen molar-refractivity contribution in [1.82, 2.24) is 10.9 Å². The van der Waals surface area contributed by atoms with Crippen LogP contribution in [0.2, 0.25) is 0 Å². The second-order valence-electron chi connectivity index (χ2n) is 1.81. The lowest BCUT2D eigenvalue weighted by Crippen LogP contribution is -2.31. The maximum atomic E-state index is 3.09. The van der Waals surface area contributed by atoms with Gasteiger partial charge < -0.3 is 0 Å². The van der Waals surface area contributed by atoms with Crippen molar-refractivity contribution in [2.75, 3.05) is 13.1 Å². The van der Waals surface area contributed by atoms with E-state index in [-0.39, 0.29) is 12.4 Å². The fourth-order valence-electron chi connectivity index (χ4n) is 0.479. The smallest absolute Gasteiger partial charge is 0.00996 e. The van der Waals surface area contributed by atoms with E-state index >= 15 is 0 Å². The van der Waals surface area contributed by atoms with Gasteiger partial charge in [-0.2, -0.15) is 0 Å². The normalized spacial score (nSPS) is 8.67. The number of hydrogen-bond donors (Lipinski definition) is 2. The Morgan fingerprint density at radius 3 is 2.22 bits per heavy atom. The lowest BCUT2D eigenvalue weighted by Gasteiger charge is -2.00. The molecule has 0 atom stereocenters. The lowest BCUT2D eigenvalue weighted by atomic mass is 10.3. The van der Waals surface area contributed by atoms with E-state index in [0.717, 1.165) is 13.1 Å².